The van der Waals surface area contributed by atoms with Crippen LogP contribution in [0.5, 0.6) is 0 Å². The Balaban J connectivity index is 2.04. The highest BCUT2D eigenvalue weighted by Gasteiger charge is 2.03. The van der Waals surface area contributed by atoms with Gasteiger partial charge in [0.1, 0.15) is 5.82 Å². The first kappa shape index (κ1) is 10.9. The number of aromatic nitrogens is 3. The second kappa shape index (κ2) is 4.49. The molecule has 0 aliphatic carbocycles. The Labute approximate surface area is 97.8 Å². The van der Waals surface area contributed by atoms with Crippen LogP contribution in [0.15, 0.2) is 16.7 Å². The Morgan fingerprint density at radius 1 is 1.25 bits per heavy atom. The molecule has 0 saturated carbocycles. The minimum Gasteiger partial charge on any atom is -0.363 e. The number of hydrogen-bond donors (Lipinski definition) is 1. The molecule has 0 fully saturated rings. The van der Waals surface area contributed by atoms with E-state index in [1.54, 1.807) is 0 Å². The molecule has 0 bridgehead atoms. The van der Waals surface area contributed by atoms with Crippen LogP contribution in [0.4, 0.5) is 5.82 Å². The second-order valence-electron chi connectivity index (χ2n) is 3.45. The average Bonchev–Trinajstić information content (AvgIpc) is 2.60. The molecule has 0 spiro atoms. The van der Waals surface area contributed by atoms with Gasteiger partial charge in [-0.15, -0.1) is 0 Å². The number of hydrogen-bond acceptors (Lipinski definition) is 5. The smallest absolute Gasteiger partial charge is 0.224 e. The molecule has 0 aliphatic heterocycles. The molecule has 84 valence electrons. The molecule has 6 heteroatoms. The van der Waals surface area contributed by atoms with E-state index in [4.69, 9.17) is 16.1 Å². The van der Waals surface area contributed by atoms with Gasteiger partial charge in [0.05, 0.1) is 12.2 Å². The third kappa shape index (κ3) is 2.70. The van der Waals surface area contributed by atoms with Gasteiger partial charge in [-0.05, 0) is 25.4 Å². The van der Waals surface area contributed by atoms with Crippen LogP contribution in [-0.2, 0) is 6.54 Å². The number of nitrogens with one attached hydrogen (secondary N) is 1. The Hall–Kier alpha value is -1.62. The summed E-state index contributed by atoms with van der Waals surface area (Å²) in [7, 11) is 0. The largest absolute Gasteiger partial charge is 0.363 e. The summed E-state index contributed by atoms with van der Waals surface area (Å²) in [5.41, 5.74) is 1.67. The summed E-state index contributed by atoms with van der Waals surface area (Å²) in [6, 6.07) is 3.68. The predicted molar refractivity (Wildman–Crippen MR) is 60.3 cm³/mol. The van der Waals surface area contributed by atoms with E-state index < -0.39 is 0 Å². The fraction of sp³-hybridized carbons (Fsp3) is 0.300. The van der Waals surface area contributed by atoms with Crippen molar-refractivity contribution in [3.63, 3.8) is 0 Å². The van der Waals surface area contributed by atoms with Gasteiger partial charge in [0.15, 0.2) is 5.76 Å². The van der Waals surface area contributed by atoms with Crippen molar-refractivity contribution in [3.05, 3.63) is 34.6 Å². The number of aryl methyl sites for hydroxylation is 2. The van der Waals surface area contributed by atoms with Crippen molar-refractivity contribution in [3.8, 4) is 0 Å². The lowest BCUT2D eigenvalue weighted by atomic mass is 10.4. The summed E-state index contributed by atoms with van der Waals surface area (Å²) in [6.45, 7) is 4.25. The van der Waals surface area contributed by atoms with Crippen molar-refractivity contribution >= 4 is 17.4 Å². The molecule has 1 N–H and O–H groups in total. The molecule has 0 saturated heterocycles. The molecule has 0 unspecified atom stereocenters. The Kier molecular flexibility index (Phi) is 3.05. The van der Waals surface area contributed by atoms with Gasteiger partial charge in [0.25, 0.3) is 0 Å². The van der Waals surface area contributed by atoms with Gasteiger partial charge < -0.3 is 9.84 Å². The fourth-order valence-corrected chi connectivity index (χ4v) is 1.52. The molecule has 0 radical (unpaired) electrons. The van der Waals surface area contributed by atoms with E-state index in [9.17, 15) is 0 Å². The van der Waals surface area contributed by atoms with Crippen molar-refractivity contribution in [2.75, 3.05) is 5.32 Å². The Morgan fingerprint density at radius 2 is 2.06 bits per heavy atom. The Bertz CT molecular complexity index is 477. The van der Waals surface area contributed by atoms with E-state index in [-0.39, 0.29) is 5.28 Å². The van der Waals surface area contributed by atoms with Crippen molar-refractivity contribution in [2.24, 2.45) is 0 Å². The van der Waals surface area contributed by atoms with Gasteiger partial charge in [0.2, 0.25) is 5.28 Å². The van der Waals surface area contributed by atoms with E-state index in [2.05, 4.69) is 20.4 Å². The van der Waals surface area contributed by atoms with Gasteiger partial charge in [-0.2, -0.15) is 0 Å². The summed E-state index contributed by atoms with van der Waals surface area (Å²) in [6.07, 6.45) is 0. The van der Waals surface area contributed by atoms with E-state index in [1.165, 1.54) is 0 Å². The standard InChI is InChI=1S/C10H11ClN4O/c1-6-4-9(14-10(11)13-6)12-5-8-3-7(2)15-16-8/h3-4H,5H2,1-2H3,(H,12,13,14). The lowest BCUT2D eigenvalue weighted by molar-refractivity contribution is 0.384. The van der Waals surface area contributed by atoms with Crippen LogP contribution in [0.2, 0.25) is 5.28 Å². The first-order valence-electron chi connectivity index (χ1n) is 4.81. The van der Waals surface area contributed by atoms with Gasteiger partial charge in [-0.3, -0.25) is 0 Å². The lowest BCUT2D eigenvalue weighted by Crippen LogP contribution is -2.02. The molecular formula is C10H11ClN4O. The van der Waals surface area contributed by atoms with Crippen molar-refractivity contribution in [1.29, 1.82) is 0 Å². The summed E-state index contributed by atoms with van der Waals surface area (Å²) in [5, 5.41) is 7.11. The van der Waals surface area contributed by atoms with Crippen LogP contribution < -0.4 is 5.32 Å². The molecule has 2 aromatic rings. The van der Waals surface area contributed by atoms with Crippen LogP contribution in [-0.4, -0.2) is 15.1 Å². The summed E-state index contributed by atoms with van der Waals surface area (Å²) in [5.74, 6) is 1.43. The molecular weight excluding hydrogens is 228 g/mol. The van der Waals surface area contributed by atoms with E-state index in [1.807, 2.05) is 26.0 Å². The van der Waals surface area contributed by atoms with Crippen LogP contribution in [0, 0.1) is 13.8 Å². The zero-order valence-electron chi connectivity index (χ0n) is 8.99. The van der Waals surface area contributed by atoms with E-state index >= 15 is 0 Å². The molecule has 2 aromatic heterocycles. The average molecular weight is 239 g/mol. The molecule has 5 nitrogen and oxygen atoms in total. The van der Waals surface area contributed by atoms with Crippen molar-refractivity contribution in [2.45, 2.75) is 20.4 Å². The number of nitrogens with zero attached hydrogens (tertiary/aromatic N) is 3. The van der Waals surface area contributed by atoms with E-state index in [0.29, 0.717) is 12.4 Å². The van der Waals surface area contributed by atoms with Crippen LogP contribution in [0.25, 0.3) is 0 Å². The maximum Gasteiger partial charge on any atom is 0.224 e. The Morgan fingerprint density at radius 3 is 2.69 bits per heavy atom. The van der Waals surface area contributed by atoms with Crippen molar-refractivity contribution in [1.82, 2.24) is 15.1 Å². The summed E-state index contributed by atoms with van der Waals surface area (Å²) in [4.78, 5) is 8.01. The molecule has 0 atom stereocenters. The minimum atomic E-state index is 0.233. The fourth-order valence-electron chi connectivity index (χ4n) is 1.30. The van der Waals surface area contributed by atoms with Crippen molar-refractivity contribution < 1.29 is 4.52 Å². The summed E-state index contributed by atoms with van der Waals surface area (Å²) >= 11 is 5.74. The van der Waals surface area contributed by atoms with Gasteiger partial charge in [-0.1, -0.05) is 5.16 Å². The van der Waals surface area contributed by atoms with E-state index in [0.717, 1.165) is 17.1 Å². The first-order valence-corrected chi connectivity index (χ1v) is 5.18. The molecule has 2 heterocycles. The SMILES string of the molecule is Cc1cc(CNc2cc(C)nc(Cl)n2)on1. The predicted octanol–water partition coefficient (Wildman–Crippen LogP) is 2.35. The topological polar surface area (TPSA) is 63.8 Å². The highest BCUT2D eigenvalue weighted by Crippen LogP contribution is 2.11. The maximum absolute atomic E-state index is 5.74. The molecule has 0 aliphatic rings. The quantitative estimate of drug-likeness (QED) is 0.832. The number of rotatable bonds is 3. The zero-order valence-corrected chi connectivity index (χ0v) is 9.75. The molecule has 16 heavy (non-hydrogen) atoms. The zero-order chi connectivity index (χ0) is 11.5. The molecule has 2 rings (SSSR count). The third-order valence-corrected chi connectivity index (χ3v) is 2.12. The number of anilines is 1. The van der Waals surface area contributed by atoms with Crippen LogP contribution in [0.3, 0.4) is 0 Å². The molecule has 0 amide bonds. The second-order valence-corrected chi connectivity index (χ2v) is 3.79. The normalized spacial score (nSPS) is 10.4. The molecule has 0 aromatic carbocycles. The first-order chi connectivity index (χ1) is 7.63. The van der Waals surface area contributed by atoms with Gasteiger partial charge in [0, 0.05) is 17.8 Å². The maximum atomic E-state index is 5.74. The lowest BCUT2D eigenvalue weighted by Gasteiger charge is -2.03. The third-order valence-electron chi connectivity index (χ3n) is 1.95. The highest BCUT2D eigenvalue weighted by molar-refractivity contribution is 6.28. The highest BCUT2D eigenvalue weighted by atomic mass is 35.5. The minimum absolute atomic E-state index is 0.233. The monoisotopic (exact) mass is 238 g/mol. The van der Waals surface area contributed by atoms with Gasteiger partial charge >= 0.3 is 0 Å². The van der Waals surface area contributed by atoms with Crippen LogP contribution in [0.1, 0.15) is 17.1 Å². The number of halogens is 1. The van der Waals surface area contributed by atoms with Gasteiger partial charge in [-0.25, -0.2) is 9.97 Å². The summed E-state index contributed by atoms with van der Waals surface area (Å²) < 4.78 is 5.06. The van der Waals surface area contributed by atoms with Crippen LogP contribution >= 0.6 is 11.6 Å².